The molecule has 1 fully saturated rings. The molecule has 0 aromatic carbocycles. The maximum Gasteiger partial charge on any atom is 0.0564 e. The van der Waals surface area contributed by atoms with E-state index in [1.54, 1.807) is 18.4 Å². The van der Waals surface area contributed by atoms with Crippen molar-refractivity contribution in [2.45, 2.75) is 18.9 Å². The van der Waals surface area contributed by atoms with Crippen LogP contribution < -0.4 is 5.73 Å². The number of ether oxygens (including phenoxy) is 1. The first-order valence-electron chi connectivity index (χ1n) is 6.41. The van der Waals surface area contributed by atoms with Gasteiger partial charge in [0.25, 0.3) is 0 Å². The fourth-order valence-electron chi connectivity index (χ4n) is 2.62. The van der Waals surface area contributed by atoms with E-state index in [1.165, 1.54) is 17.7 Å². The summed E-state index contributed by atoms with van der Waals surface area (Å²) in [6.45, 7) is 3.74. The molecule has 0 bridgehead atoms. The molecule has 2 heterocycles. The van der Waals surface area contributed by atoms with E-state index in [2.05, 4.69) is 4.90 Å². The largest absolute Gasteiger partial charge is 0.384 e. The van der Waals surface area contributed by atoms with Gasteiger partial charge in [-0.2, -0.15) is 0 Å². The fourth-order valence-corrected chi connectivity index (χ4v) is 3.85. The normalized spacial score (nSPS) is 20.2. The zero-order valence-corrected chi connectivity index (χ0v) is 12.3. The van der Waals surface area contributed by atoms with E-state index >= 15 is 0 Å². The van der Waals surface area contributed by atoms with Crippen molar-refractivity contribution >= 4 is 22.9 Å². The van der Waals surface area contributed by atoms with Crippen LogP contribution in [0, 0.1) is 5.92 Å². The Hall–Kier alpha value is -0.130. The second-order valence-electron chi connectivity index (χ2n) is 4.85. The number of piperidine rings is 1. The molecule has 102 valence electrons. The Morgan fingerprint density at radius 2 is 2.28 bits per heavy atom. The molecule has 3 nitrogen and oxygen atoms in total. The average Bonchev–Trinajstić information content (AvgIpc) is 2.79. The first-order chi connectivity index (χ1) is 8.74. The third-order valence-corrected chi connectivity index (χ3v) is 5.01. The monoisotopic (exact) mass is 288 g/mol. The molecule has 2 rings (SSSR count). The van der Waals surface area contributed by atoms with Crippen molar-refractivity contribution in [2.24, 2.45) is 11.7 Å². The molecular weight excluding hydrogens is 268 g/mol. The lowest BCUT2D eigenvalue weighted by atomic mass is 9.96. The second-order valence-corrected chi connectivity index (χ2v) is 6.23. The molecular formula is C13H21ClN2OS. The Morgan fingerprint density at radius 1 is 1.56 bits per heavy atom. The van der Waals surface area contributed by atoms with Crippen molar-refractivity contribution in [1.82, 2.24) is 4.90 Å². The molecule has 1 unspecified atom stereocenters. The molecule has 1 atom stereocenters. The van der Waals surface area contributed by atoms with E-state index < -0.39 is 0 Å². The number of methoxy groups -OCH3 is 1. The smallest absolute Gasteiger partial charge is 0.0564 e. The van der Waals surface area contributed by atoms with Crippen LogP contribution in [-0.4, -0.2) is 38.3 Å². The summed E-state index contributed by atoms with van der Waals surface area (Å²) in [5.74, 6) is 0.705. The minimum atomic E-state index is 0.325. The highest BCUT2D eigenvalue weighted by Crippen LogP contribution is 2.31. The van der Waals surface area contributed by atoms with Gasteiger partial charge in [-0.25, -0.2) is 0 Å². The molecule has 5 heteroatoms. The summed E-state index contributed by atoms with van der Waals surface area (Å²) in [6, 6.07) is 2.37. The Labute approximate surface area is 118 Å². The summed E-state index contributed by atoms with van der Waals surface area (Å²) < 4.78 is 5.23. The van der Waals surface area contributed by atoms with Crippen molar-refractivity contribution in [1.29, 1.82) is 0 Å². The van der Waals surface area contributed by atoms with Gasteiger partial charge in [0.2, 0.25) is 0 Å². The molecule has 0 spiro atoms. The number of nitrogens with two attached hydrogens (primary N) is 1. The van der Waals surface area contributed by atoms with Gasteiger partial charge >= 0.3 is 0 Å². The molecule has 1 aliphatic rings. The van der Waals surface area contributed by atoms with Gasteiger partial charge < -0.3 is 10.5 Å². The number of halogens is 1. The summed E-state index contributed by atoms with van der Waals surface area (Å²) in [7, 11) is 1.78. The fraction of sp³-hybridized carbons (Fsp3) is 0.692. The Morgan fingerprint density at radius 3 is 2.78 bits per heavy atom. The highest BCUT2D eigenvalue weighted by molar-refractivity contribution is 7.10. The standard InChI is InChI=1S/C13H21ClN2OS/c1-17-8-10-2-4-16(5-3-10)12(7-15)13-6-11(14)9-18-13/h6,9-10,12H,2-5,7-8,15H2,1H3. The topological polar surface area (TPSA) is 38.5 Å². The predicted octanol–water partition coefficient (Wildman–Crippen LogP) is 2.76. The van der Waals surface area contributed by atoms with Gasteiger partial charge in [0.05, 0.1) is 11.1 Å². The van der Waals surface area contributed by atoms with Crippen LogP contribution in [0.25, 0.3) is 0 Å². The molecule has 1 aromatic rings. The number of likely N-dealkylation sites (tertiary alicyclic amines) is 1. The summed E-state index contributed by atoms with van der Waals surface area (Å²) in [4.78, 5) is 3.77. The molecule has 1 saturated heterocycles. The third kappa shape index (κ3) is 3.45. The molecule has 1 aliphatic heterocycles. The number of rotatable bonds is 5. The third-order valence-electron chi connectivity index (χ3n) is 3.63. The summed E-state index contributed by atoms with van der Waals surface area (Å²) in [6.07, 6.45) is 2.40. The highest BCUT2D eigenvalue weighted by atomic mass is 35.5. The number of hydrogen-bond donors (Lipinski definition) is 1. The predicted molar refractivity (Wildman–Crippen MR) is 77.3 cm³/mol. The zero-order chi connectivity index (χ0) is 13.0. The van der Waals surface area contributed by atoms with E-state index in [4.69, 9.17) is 22.1 Å². The summed E-state index contributed by atoms with van der Waals surface area (Å²) >= 11 is 7.71. The lowest BCUT2D eigenvalue weighted by Gasteiger charge is -2.36. The molecule has 2 N–H and O–H groups in total. The summed E-state index contributed by atoms with van der Waals surface area (Å²) in [5, 5.41) is 2.81. The van der Waals surface area contributed by atoms with Gasteiger partial charge in [0.1, 0.15) is 0 Å². The molecule has 0 radical (unpaired) electrons. The van der Waals surface area contributed by atoms with Crippen LogP contribution in [0.5, 0.6) is 0 Å². The maximum absolute atomic E-state index is 6.00. The lowest BCUT2D eigenvalue weighted by Crippen LogP contribution is -2.40. The van der Waals surface area contributed by atoms with E-state index in [9.17, 15) is 0 Å². The molecule has 0 amide bonds. The Kier molecular flexibility index (Phi) is 5.45. The SMILES string of the molecule is COCC1CCN(C(CN)c2cc(Cl)cs2)CC1. The molecule has 0 aliphatic carbocycles. The number of thiophene rings is 1. The van der Waals surface area contributed by atoms with E-state index in [0.29, 0.717) is 18.5 Å². The second kappa shape index (κ2) is 6.87. The number of nitrogens with zero attached hydrogens (tertiary/aromatic N) is 1. The van der Waals surface area contributed by atoms with Gasteiger partial charge in [-0.15, -0.1) is 11.3 Å². The molecule has 18 heavy (non-hydrogen) atoms. The first kappa shape index (κ1) is 14.3. The quantitative estimate of drug-likeness (QED) is 0.905. The molecule has 0 saturated carbocycles. The van der Waals surface area contributed by atoms with Crippen LogP contribution in [0.2, 0.25) is 5.02 Å². The van der Waals surface area contributed by atoms with E-state index in [-0.39, 0.29) is 0 Å². The summed E-state index contributed by atoms with van der Waals surface area (Å²) in [5.41, 5.74) is 5.94. The minimum Gasteiger partial charge on any atom is -0.384 e. The Bertz CT molecular complexity index is 364. The average molecular weight is 289 g/mol. The zero-order valence-electron chi connectivity index (χ0n) is 10.8. The maximum atomic E-state index is 6.00. The first-order valence-corrected chi connectivity index (χ1v) is 7.67. The van der Waals surface area contributed by atoms with Gasteiger partial charge in [-0.3, -0.25) is 4.90 Å². The van der Waals surface area contributed by atoms with Gasteiger partial charge in [-0.05, 0) is 37.9 Å². The van der Waals surface area contributed by atoms with Crippen LogP contribution in [0.15, 0.2) is 11.4 Å². The van der Waals surface area contributed by atoms with Crippen molar-refractivity contribution < 1.29 is 4.74 Å². The van der Waals surface area contributed by atoms with E-state index in [1.807, 2.05) is 11.4 Å². The number of hydrogen-bond acceptors (Lipinski definition) is 4. The van der Waals surface area contributed by atoms with Crippen molar-refractivity contribution in [2.75, 3.05) is 33.4 Å². The van der Waals surface area contributed by atoms with Crippen LogP contribution in [0.4, 0.5) is 0 Å². The highest BCUT2D eigenvalue weighted by Gasteiger charge is 2.26. The Balaban J connectivity index is 1.94. The van der Waals surface area contributed by atoms with Crippen LogP contribution in [0.3, 0.4) is 0 Å². The van der Waals surface area contributed by atoms with Crippen LogP contribution >= 0.6 is 22.9 Å². The molecule has 1 aromatic heterocycles. The van der Waals surface area contributed by atoms with Gasteiger partial charge in [0, 0.05) is 30.5 Å². The lowest BCUT2D eigenvalue weighted by molar-refractivity contribution is 0.0818. The minimum absolute atomic E-state index is 0.325. The van der Waals surface area contributed by atoms with Crippen molar-refractivity contribution in [3.8, 4) is 0 Å². The van der Waals surface area contributed by atoms with Crippen LogP contribution in [-0.2, 0) is 4.74 Å². The van der Waals surface area contributed by atoms with Crippen LogP contribution in [0.1, 0.15) is 23.8 Å². The van der Waals surface area contributed by atoms with Gasteiger partial charge in [0.15, 0.2) is 0 Å². The van der Waals surface area contributed by atoms with Crippen molar-refractivity contribution in [3.05, 3.63) is 21.3 Å². The van der Waals surface area contributed by atoms with E-state index in [0.717, 1.165) is 24.7 Å². The van der Waals surface area contributed by atoms with Gasteiger partial charge in [-0.1, -0.05) is 11.6 Å². The van der Waals surface area contributed by atoms with Crippen molar-refractivity contribution in [3.63, 3.8) is 0 Å².